The minimum Gasteiger partial charge on any atom is -0.463 e. The first kappa shape index (κ1) is 38.8. The zero-order valence-corrected chi connectivity index (χ0v) is 26.2. The number of rotatable bonds is 28. The van der Waals surface area contributed by atoms with E-state index in [2.05, 4.69) is 50.3 Å². The molecule has 6 heteroatoms. The van der Waals surface area contributed by atoms with Gasteiger partial charge in [0.2, 0.25) is 0 Å². The van der Waals surface area contributed by atoms with Gasteiger partial charge in [-0.15, -0.1) is 0 Å². The molecule has 0 aromatic carbocycles. The lowest BCUT2D eigenvalue weighted by molar-refractivity contribution is -0.152. The van der Waals surface area contributed by atoms with E-state index in [1.54, 1.807) is 0 Å². The van der Waals surface area contributed by atoms with Crippen LogP contribution < -0.4 is 0 Å². The average Bonchev–Trinajstić information content (AvgIpc) is 2.97. The van der Waals surface area contributed by atoms with Crippen LogP contribution in [0.25, 0.3) is 0 Å². The summed E-state index contributed by atoms with van der Waals surface area (Å²) in [6, 6.07) is 0. The van der Waals surface area contributed by atoms with Crippen molar-refractivity contribution in [2.45, 2.75) is 148 Å². The summed E-state index contributed by atoms with van der Waals surface area (Å²) in [6.07, 6.45) is 33.6. The van der Waals surface area contributed by atoms with Crippen LogP contribution in [0.15, 0.2) is 48.6 Å². The van der Waals surface area contributed by atoms with Crippen LogP contribution in [0.4, 0.5) is 0 Å². The smallest absolute Gasteiger partial charge is 0.305 e. The van der Waals surface area contributed by atoms with E-state index < -0.39 is 6.10 Å². The maximum absolute atomic E-state index is 11.9. The van der Waals surface area contributed by atoms with Gasteiger partial charge in [-0.3, -0.25) is 9.59 Å². The third-order valence-electron chi connectivity index (χ3n) is 6.64. The summed E-state index contributed by atoms with van der Waals surface area (Å²) in [4.78, 5) is 23.7. The number of hydrogen-bond donors (Lipinski definition) is 2. The molecule has 0 fully saturated rings. The van der Waals surface area contributed by atoms with Crippen LogP contribution in [0.3, 0.4) is 0 Å². The topological polar surface area (TPSA) is 93.1 Å². The fourth-order valence-corrected chi connectivity index (χ4v) is 4.09. The second-order valence-corrected chi connectivity index (χ2v) is 10.7. The molecule has 0 aliphatic heterocycles. The zero-order chi connectivity index (χ0) is 30.2. The molecule has 0 radical (unpaired) electrons. The molecule has 0 aromatic rings. The van der Waals surface area contributed by atoms with Crippen molar-refractivity contribution in [3.05, 3.63) is 48.6 Å². The van der Waals surface area contributed by atoms with Crippen LogP contribution >= 0.6 is 0 Å². The highest BCUT2D eigenvalue weighted by molar-refractivity contribution is 5.69. The molecule has 41 heavy (non-hydrogen) atoms. The molecule has 6 nitrogen and oxygen atoms in total. The van der Waals surface area contributed by atoms with Gasteiger partial charge in [-0.25, -0.2) is 0 Å². The van der Waals surface area contributed by atoms with Crippen molar-refractivity contribution >= 4 is 11.9 Å². The summed E-state index contributed by atoms with van der Waals surface area (Å²) in [5.74, 6) is -0.658. The SMILES string of the molecule is CCCCCCCCCCCC(=O)OC[C@@H](O)COC(=O)CCC/C=C\C/C=C\C/C=C\C/C=C\[C@@H](O)CCCC. The highest BCUT2D eigenvalue weighted by atomic mass is 16.6. The maximum atomic E-state index is 11.9. The normalized spacial score (nSPS) is 13.6. The van der Waals surface area contributed by atoms with Gasteiger partial charge >= 0.3 is 11.9 Å². The second-order valence-electron chi connectivity index (χ2n) is 10.7. The minimum atomic E-state index is -0.993. The van der Waals surface area contributed by atoms with E-state index in [1.807, 2.05) is 12.2 Å². The Morgan fingerprint density at radius 2 is 1.05 bits per heavy atom. The molecule has 0 rings (SSSR count). The molecule has 0 saturated heterocycles. The van der Waals surface area contributed by atoms with Gasteiger partial charge in [0.15, 0.2) is 0 Å². The number of hydrogen-bond acceptors (Lipinski definition) is 6. The lowest BCUT2D eigenvalue weighted by Gasteiger charge is -2.12. The first-order chi connectivity index (χ1) is 20.0. The van der Waals surface area contributed by atoms with Crippen molar-refractivity contribution in [1.29, 1.82) is 0 Å². The van der Waals surface area contributed by atoms with E-state index in [9.17, 15) is 19.8 Å². The Morgan fingerprint density at radius 3 is 1.61 bits per heavy atom. The van der Waals surface area contributed by atoms with Gasteiger partial charge in [-0.1, -0.05) is 127 Å². The molecular formula is C35H60O6. The monoisotopic (exact) mass is 576 g/mol. The molecule has 0 aliphatic rings. The summed E-state index contributed by atoms with van der Waals surface area (Å²) in [7, 11) is 0. The van der Waals surface area contributed by atoms with Crippen molar-refractivity contribution < 1.29 is 29.3 Å². The number of allylic oxidation sites excluding steroid dienone is 7. The van der Waals surface area contributed by atoms with E-state index in [-0.39, 0.29) is 31.3 Å². The minimum absolute atomic E-state index is 0.143. The van der Waals surface area contributed by atoms with Crippen LogP contribution in [0.2, 0.25) is 0 Å². The van der Waals surface area contributed by atoms with Crippen molar-refractivity contribution in [3.63, 3.8) is 0 Å². The average molecular weight is 577 g/mol. The van der Waals surface area contributed by atoms with Crippen LogP contribution in [-0.4, -0.2) is 47.6 Å². The predicted molar refractivity (Wildman–Crippen MR) is 170 cm³/mol. The van der Waals surface area contributed by atoms with Gasteiger partial charge in [-0.05, 0) is 44.9 Å². The number of carbonyl (C=O) groups is 2. The molecule has 2 N–H and O–H groups in total. The standard InChI is InChI=1S/C35H60O6/c1-3-5-7-8-9-14-18-21-24-28-34(38)40-30-33(37)31-41-35(39)29-25-22-19-16-13-11-10-12-15-17-20-23-27-32(36)26-6-4-2/h10-11,15-17,19,23,27,32-33,36-37H,3-9,12-14,18,20-22,24-26,28-31H2,1-2H3/b11-10-,17-15-,19-16-,27-23-/t32-,33+/m0/s1. The lowest BCUT2D eigenvalue weighted by Crippen LogP contribution is -2.25. The molecule has 236 valence electrons. The van der Waals surface area contributed by atoms with Gasteiger partial charge in [-0.2, -0.15) is 0 Å². The maximum Gasteiger partial charge on any atom is 0.305 e. The Hall–Kier alpha value is -2.18. The van der Waals surface area contributed by atoms with Gasteiger partial charge in [0.05, 0.1) is 6.10 Å². The third-order valence-corrected chi connectivity index (χ3v) is 6.64. The van der Waals surface area contributed by atoms with Crippen LogP contribution in [-0.2, 0) is 19.1 Å². The molecule has 0 saturated carbocycles. The Kier molecular flexibility index (Phi) is 29.1. The largest absolute Gasteiger partial charge is 0.463 e. The van der Waals surface area contributed by atoms with E-state index in [4.69, 9.17) is 9.47 Å². The summed E-state index contributed by atoms with van der Waals surface area (Å²) >= 11 is 0. The third kappa shape index (κ3) is 30.6. The number of aliphatic hydroxyl groups is 2. The predicted octanol–water partition coefficient (Wildman–Crippen LogP) is 8.47. The molecule has 2 atom stereocenters. The van der Waals surface area contributed by atoms with Gasteiger partial charge in [0.1, 0.15) is 19.3 Å². The number of aliphatic hydroxyl groups excluding tert-OH is 2. The van der Waals surface area contributed by atoms with E-state index in [1.165, 1.54) is 38.5 Å². The molecule has 0 aromatic heterocycles. The molecule has 0 heterocycles. The molecule has 0 unspecified atom stereocenters. The summed E-state index contributed by atoms with van der Waals surface area (Å²) in [5.41, 5.74) is 0. The van der Waals surface area contributed by atoms with Gasteiger partial charge in [0.25, 0.3) is 0 Å². The van der Waals surface area contributed by atoms with Crippen molar-refractivity contribution in [2.24, 2.45) is 0 Å². The molecule has 0 aliphatic carbocycles. The van der Waals surface area contributed by atoms with Crippen LogP contribution in [0.5, 0.6) is 0 Å². The zero-order valence-electron chi connectivity index (χ0n) is 26.2. The Morgan fingerprint density at radius 1 is 0.585 bits per heavy atom. The summed E-state index contributed by atoms with van der Waals surface area (Å²) < 4.78 is 10.2. The second kappa shape index (κ2) is 30.8. The number of unbranched alkanes of at least 4 members (excludes halogenated alkanes) is 10. The summed E-state index contributed by atoms with van der Waals surface area (Å²) in [6.45, 7) is 4.05. The van der Waals surface area contributed by atoms with Crippen molar-refractivity contribution in [1.82, 2.24) is 0 Å². The number of carbonyl (C=O) groups excluding carboxylic acids is 2. The number of esters is 2. The quantitative estimate of drug-likeness (QED) is 0.0551. The van der Waals surface area contributed by atoms with Crippen molar-refractivity contribution in [2.75, 3.05) is 13.2 Å². The molecular weight excluding hydrogens is 516 g/mol. The fourth-order valence-electron chi connectivity index (χ4n) is 4.09. The van der Waals surface area contributed by atoms with Crippen molar-refractivity contribution in [3.8, 4) is 0 Å². The Labute approximate surface area is 251 Å². The first-order valence-corrected chi connectivity index (χ1v) is 16.3. The van der Waals surface area contributed by atoms with Crippen LogP contribution in [0, 0.1) is 0 Å². The highest BCUT2D eigenvalue weighted by Crippen LogP contribution is 2.11. The molecule has 0 bridgehead atoms. The van der Waals surface area contributed by atoms with E-state index in [0.29, 0.717) is 19.3 Å². The molecule has 0 amide bonds. The van der Waals surface area contributed by atoms with Gasteiger partial charge in [0, 0.05) is 12.8 Å². The fraction of sp³-hybridized carbons (Fsp3) is 0.714. The Bertz CT molecular complexity index is 724. The van der Waals surface area contributed by atoms with Gasteiger partial charge < -0.3 is 19.7 Å². The lowest BCUT2D eigenvalue weighted by atomic mass is 10.1. The molecule has 0 spiro atoms. The van der Waals surface area contributed by atoms with Crippen LogP contribution in [0.1, 0.15) is 136 Å². The summed E-state index contributed by atoms with van der Waals surface area (Å²) in [5, 5.41) is 19.7. The first-order valence-electron chi connectivity index (χ1n) is 16.3. The highest BCUT2D eigenvalue weighted by Gasteiger charge is 2.11. The van der Waals surface area contributed by atoms with E-state index >= 15 is 0 Å². The van der Waals surface area contributed by atoms with E-state index in [0.717, 1.165) is 64.2 Å². The number of ether oxygens (including phenoxy) is 2. The Balaban J connectivity index is 3.63.